The van der Waals surface area contributed by atoms with Crippen molar-refractivity contribution in [3.05, 3.63) is 160 Å². The van der Waals surface area contributed by atoms with Gasteiger partial charge >= 0.3 is 23.6 Å². The number of ether oxygens (including phenoxy) is 3. The van der Waals surface area contributed by atoms with Crippen LogP contribution in [-0.2, 0) is 59.8 Å². The quantitative estimate of drug-likeness (QED) is 0.0277. The SMILES string of the molecule is CC(C)(C)c1ccc(CCOC(=O)/C(C#N)=C\O)cc1.CC(C)(C)c1ccc(CCOC(=O)/C=C\O)cc1.CCCCN(CC)c1ccc(/C=C2\CN=[N+]3C2=NN=C3c2ccccc2OC)c(C)c1.[Cu]. The van der Waals surface area contributed by atoms with Crippen LogP contribution in [0.5, 0.6) is 5.75 Å². The minimum atomic E-state index is -0.804. The van der Waals surface area contributed by atoms with Gasteiger partial charge in [-0.2, -0.15) is 5.26 Å². The second-order valence-corrected chi connectivity index (χ2v) is 18.5. The molecule has 0 spiro atoms. The van der Waals surface area contributed by atoms with E-state index in [1.807, 2.05) is 41.1 Å². The predicted octanol–water partition coefficient (Wildman–Crippen LogP) is 11.4. The smallest absolute Gasteiger partial charge is 0.352 e. The zero-order chi connectivity index (χ0) is 50.6. The molecule has 14 heteroatoms. The number of methoxy groups -OCH3 is 1. The van der Waals surface area contributed by atoms with Crippen molar-refractivity contribution in [1.29, 1.82) is 5.26 Å². The molecule has 0 unspecified atom stereocenters. The molecule has 0 aromatic heterocycles. The summed E-state index contributed by atoms with van der Waals surface area (Å²) in [5, 5.41) is 39.1. The number of rotatable bonds is 16. The zero-order valence-corrected chi connectivity index (χ0v) is 43.2. The first-order chi connectivity index (χ1) is 33.0. The molecular formula is C56H69CuN6O7+. The third-order valence-electron chi connectivity index (χ3n) is 11.3. The molecule has 1 radical (unpaired) electrons. The van der Waals surface area contributed by atoms with E-state index in [0.717, 1.165) is 53.0 Å². The maximum absolute atomic E-state index is 11.3. The summed E-state index contributed by atoms with van der Waals surface area (Å²) in [7, 11) is 1.66. The number of hydrogen-bond donors (Lipinski definition) is 2. The van der Waals surface area contributed by atoms with Gasteiger partial charge in [0.2, 0.25) is 0 Å². The first-order valence-electron chi connectivity index (χ1n) is 23.4. The van der Waals surface area contributed by atoms with Gasteiger partial charge in [0.05, 0.1) is 54.0 Å². The van der Waals surface area contributed by atoms with Gasteiger partial charge in [-0.1, -0.05) is 126 Å². The van der Waals surface area contributed by atoms with Gasteiger partial charge in [0.15, 0.2) is 5.57 Å². The van der Waals surface area contributed by atoms with Gasteiger partial charge in [-0.3, -0.25) is 0 Å². The molecule has 0 atom stereocenters. The van der Waals surface area contributed by atoms with Crippen LogP contribution >= 0.6 is 0 Å². The van der Waals surface area contributed by atoms with Gasteiger partial charge < -0.3 is 29.3 Å². The number of hydrogen-bond acceptors (Lipinski definition) is 12. The number of benzene rings is 4. The number of esters is 2. The topological polar surface area (TPSA) is 169 Å². The number of aliphatic hydroxyl groups is 2. The molecule has 70 heavy (non-hydrogen) atoms. The van der Waals surface area contributed by atoms with Crippen molar-refractivity contribution < 1.29 is 55.8 Å². The number of carbonyl (C=O) groups is 2. The molecule has 0 saturated heterocycles. The summed E-state index contributed by atoms with van der Waals surface area (Å²) in [6.45, 7) is 22.8. The molecule has 4 aromatic rings. The molecule has 0 bridgehead atoms. The van der Waals surface area contributed by atoms with Crippen LogP contribution in [0.25, 0.3) is 6.08 Å². The maximum Gasteiger partial charge on any atom is 0.352 e. The molecule has 6 rings (SSSR count). The third kappa shape index (κ3) is 17.0. The molecule has 0 aliphatic carbocycles. The molecule has 4 aromatic carbocycles. The average Bonchev–Trinajstić information content (AvgIpc) is 3.93. The number of unbranched alkanes of at least 4 members (excludes halogenated alkanes) is 1. The summed E-state index contributed by atoms with van der Waals surface area (Å²) >= 11 is 0. The fourth-order valence-electron chi connectivity index (χ4n) is 7.15. The Morgan fingerprint density at radius 3 is 1.93 bits per heavy atom. The Bertz CT molecular complexity index is 2590. The van der Waals surface area contributed by atoms with Gasteiger partial charge in [0, 0.05) is 48.7 Å². The van der Waals surface area contributed by atoms with Crippen LogP contribution in [0, 0.1) is 18.3 Å². The van der Waals surface area contributed by atoms with E-state index in [-0.39, 0.29) is 34.5 Å². The number of para-hydroxylation sites is 1. The monoisotopic (exact) mass is 1000 g/mol. The fraction of sp³-hybridized carbons (Fsp3) is 0.375. The molecule has 2 aliphatic heterocycles. The number of fused-ring (bicyclic) bond motifs is 1. The normalized spacial score (nSPS) is 13.5. The second-order valence-electron chi connectivity index (χ2n) is 18.5. The van der Waals surface area contributed by atoms with Crippen LogP contribution in [0.3, 0.4) is 0 Å². The average molecular weight is 1000 g/mol. The fourth-order valence-corrected chi connectivity index (χ4v) is 7.15. The number of amidine groups is 2. The van der Waals surface area contributed by atoms with Crippen LogP contribution in [-0.4, -0.2) is 78.5 Å². The van der Waals surface area contributed by atoms with E-state index >= 15 is 0 Å². The van der Waals surface area contributed by atoms with Crippen LogP contribution in [0.15, 0.2) is 136 Å². The second kappa shape index (κ2) is 28.0. The molecule has 0 fully saturated rings. The van der Waals surface area contributed by atoms with E-state index in [1.54, 1.807) is 13.2 Å². The number of aliphatic hydroxyl groups excluding tert-OH is 2. The Balaban J connectivity index is 0.000000291. The van der Waals surface area contributed by atoms with Crippen LogP contribution in [0.4, 0.5) is 5.69 Å². The number of nitriles is 1. The maximum atomic E-state index is 11.3. The number of nitrogens with zero attached hydrogens (tertiary/aromatic N) is 6. The van der Waals surface area contributed by atoms with Gasteiger partial charge in [-0.15, -0.1) is 5.11 Å². The first-order valence-corrected chi connectivity index (χ1v) is 23.4. The Morgan fingerprint density at radius 2 is 1.41 bits per heavy atom. The first kappa shape index (κ1) is 57.5. The van der Waals surface area contributed by atoms with Crippen LogP contribution < -0.4 is 9.64 Å². The van der Waals surface area contributed by atoms with Crippen LogP contribution in [0.1, 0.15) is 107 Å². The standard InChI is InChI=1S/C25H30N5O.C16H19NO3.C15H20O3.Cu/c1-5-7-14-29(6-2)21-13-12-19(18(3)15-21)16-20-17-26-30-24(20)27-28-25(30)22-10-8-9-11-23(22)31-4;1-16(2,3)14-6-4-12(5-7-14)8-9-20-15(19)13(10-17)11-18;1-15(2,3)13-6-4-12(5-7-13)9-11-18-14(17)8-10-16;/h8-13,15-16H,5-7,14,17H2,1-4H3;4-7,11,18H,8-9H2,1-3H3;4-8,10,16H,9,11H2,1-3H3;/q+1;;;/b20-16+;13-11-;10-8-;. The van der Waals surface area contributed by atoms with Gasteiger partial charge in [-0.05, 0) is 94.8 Å². The molecule has 375 valence electrons. The van der Waals surface area contributed by atoms with Crippen LogP contribution in [0.2, 0.25) is 0 Å². The molecule has 2 heterocycles. The summed E-state index contributed by atoms with van der Waals surface area (Å²) in [4.78, 5) is 24.7. The Hall–Kier alpha value is -6.81. The summed E-state index contributed by atoms with van der Waals surface area (Å²) in [6.07, 6.45) is 7.98. The summed E-state index contributed by atoms with van der Waals surface area (Å²) in [5.74, 6) is 0.936. The van der Waals surface area contributed by atoms with E-state index < -0.39 is 17.5 Å². The van der Waals surface area contributed by atoms with Crippen molar-refractivity contribution in [2.24, 2.45) is 15.3 Å². The summed E-state index contributed by atoms with van der Waals surface area (Å²) in [5.41, 5.74) is 10.3. The van der Waals surface area contributed by atoms with E-state index in [1.165, 1.54) is 40.8 Å². The predicted molar refractivity (Wildman–Crippen MR) is 274 cm³/mol. The zero-order valence-electron chi connectivity index (χ0n) is 42.3. The number of azo groups is 2. The number of anilines is 1. The van der Waals surface area contributed by atoms with Crippen molar-refractivity contribution in [3.8, 4) is 11.8 Å². The molecule has 0 amide bonds. The van der Waals surface area contributed by atoms with Crippen molar-refractivity contribution in [1.82, 2.24) is 0 Å². The Kier molecular flexibility index (Phi) is 23.0. The largest absolute Gasteiger partial charge is 0.515 e. The minimum absolute atomic E-state index is 0. The van der Waals surface area contributed by atoms with E-state index in [2.05, 4.69) is 143 Å². The minimum Gasteiger partial charge on any atom is -0.515 e. The molecular weight excluding hydrogens is 932 g/mol. The molecule has 2 N–H and O–H groups in total. The molecule has 13 nitrogen and oxygen atoms in total. The number of carbonyl (C=O) groups excluding carboxylic acids is 2. The van der Waals surface area contributed by atoms with Gasteiger partial charge in [-0.25, -0.2) is 9.59 Å². The van der Waals surface area contributed by atoms with E-state index in [4.69, 9.17) is 29.7 Å². The van der Waals surface area contributed by atoms with Crippen molar-refractivity contribution in [2.75, 3.05) is 44.9 Å². The van der Waals surface area contributed by atoms with Crippen molar-refractivity contribution >= 4 is 35.4 Å². The Labute approximate surface area is 425 Å². The van der Waals surface area contributed by atoms with E-state index in [9.17, 15) is 9.59 Å². The van der Waals surface area contributed by atoms with Crippen molar-refractivity contribution in [2.45, 2.75) is 98.8 Å². The van der Waals surface area contributed by atoms with Gasteiger partial charge in [0.25, 0.3) is 0 Å². The molecule has 0 saturated carbocycles. The number of aryl methyl sites for hydroxylation is 1. The van der Waals surface area contributed by atoms with Gasteiger partial charge in [0.1, 0.15) is 24.6 Å². The third-order valence-corrected chi connectivity index (χ3v) is 11.3. The molecule has 2 aliphatic rings. The van der Waals surface area contributed by atoms with Crippen molar-refractivity contribution in [3.63, 3.8) is 0 Å². The Morgan fingerprint density at radius 1 is 0.829 bits per heavy atom. The summed E-state index contributed by atoms with van der Waals surface area (Å²) in [6, 6.07) is 32.5. The van der Waals surface area contributed by atoms with E-state index in [0.29, 0.717) is 44.4 Å². The summed E-state index contributed by atoms with van der Waals surface area (Å²) < 4.78 is 17.1.